The normalized spacial score (nSPS) is 37.1. The molecular formula is C21H38O2Si. The van der Waals surface area contributed by atoms with Gasteiger partial charge in [-0.15, -0.1) is 6.58 Å². The van der Waals surface area contributed by atoms with Crippen molar-refractivity contribution >= 4 is 14.1 Å². The fourth-order valence-electron chi connectivity index (χ4n) is 5.70. The highest BCUT2D eigenvalue weighted by Crippen LogP contribution is 2.59. The van der Waals surface area contributed by atoms with Crippen molar-refractivity contribution in [1.82, 2.24) is 0 Å². The smallest absolute Gasteiger partial charge is 0.192 e. The molecule has 0 aromatic heterocycles. The molecule has 0 unspecified atom stereocenters. The van der Waals surface area contributed by atoms with Crippen molar-refractivity contribution in [3.05, 3.63) is 12.7 Å². The molecule has 0 spiro atoms. The van der Waals surface area contributed by atoms with Gasteiger partial charge in [-0.2, -0.15) is 0 Å². The van der Waals surface area contributed by atoms with Gasteiger partial charge in [0, 0.05) is 11.8 Å². The van der Waals surface area contributed by atoms with E-state index in [1.807, 2.05) is 0 Å². The number of allylic oxidation sites excluding steroid dienone is 1. The van der Waals surface area contributed by atoms with Crippen LogP contribution in [0.1, 0.15) is 73.1 Å². The number of hydrogen-bond donors (Lipinski definition) is 0. The van der Waals surface area contributed by atoms with Crippen molar-refractivity contribution in [3.8, 4) is 0 Å². The summed E-state index contributed by atoms with van der Waals surface area (Å²) in [6.45, 7) is 15.6. The van der Waals surface area contributed by atoms with E-state index in [0.717, 1.165) is 32.1 Å². The van der Waals surface area contributed by atoms with Gasteiger partial charge in [-0.25, -0.2) is 0 Å². The van der Waals surface area contributed by atoms with Crippen LogP contribution in [0.2, 0.25) is 18.1 Å². The Morgan fingerprint density at radius 3 is 2.38 bits per heavy atom. The molecule has 0 amide bonds. The maximum absolute atomic E-state index is 12.7. The van der Waals surface area contributed by atoms with E-state index in [2.05, 4.69) is 47.3 Å². The van der Waals surface area contributed by atoms with Crippen LogP contribution in [-0.2, 0) is 9.22 Å². The average Bonchev–Trinajstić information content (AvgIpc) is 2.57. The highest BCUT2D eigenvalue weighted by molar-refractivity contribution is 6.73. The van der Waals surface area contributed by atoms with Crippen LogP contribution in [-0.4, -0.2) is 20.2 Å². The molecule has 2 fully saturated rings. The Labute approximate surface area is 150 Å². The molecular weight excluding hydrogens is 312 g/mol. The van der Waals surface area contributed by atoms with Crippen LogP contribution < -0.4 is 0 Å². The molecule has 138 valence electrons. The molecule has 2 aliphatic carbocycles. The first kappa shape index (κ1) is 19.9. The second-order valence-electron chi connectivity index (χ2n) is 8.67. The molecule has 4 atom stereocenters. The molecule has 2 nitrogen and oxygen atoms in total. The average molecular weight is 351 g/mol. The van der Waals surface area contributed by atoms with Gasteiger partial charge in [0.1, 0.15) is 5.78 Å². The van der Waals surface area contributed by atoms with E-state index in [9.17, 15) is 4.79 Å². The van der Waals surface area contributed by atoms with Gasteiger partial charge in [0.15, 0.2) is 8.32 Å². The maximum Gasteiger partial charge on any atom is 0.192 e. The summed E-state index contributed by atoms with van der Waals surface area (Å²) in [6.07, 6.45) is 8.38. The van der Waals surface area contributed by atoms with Crippen LogP contribution in [0, 0.1) is 16.7 Å². The van der Waals surface area contributed by atoms with Gasteiger partial charge in [0.25, 0.3) is 0 Å². The summed E-state index contributed by atoms with van der Waals surface area (Å²) in [7, 11) is -1.64. The van der Waals surface area contributed by atoms with E-state index >= 15 is 0 Å². The SMILES string of the molecule is C=CC[C@]1(C)[C@@H](O[Si](CC)(CC)CC)CC[C@]2(C)C(=O)CCC[C@@H]12. The number of Topliss-reactive ketones (excluding diaryl/α,β-unsaturated/α-hetero) is 1. The van der Waals surface area contributed by atoms with Crippen molar-refractivity contribution in [3.63, 3.8) is 0 Å². The number of carbonyl (C=O) groups excluding carboxylic acids is 1. The van der Waals surface area contributed by atoms with Gasteiger partial charge in [0.2, 0.25) is 0 Å². The summed E-state index contributed by atoms with van der Waals surface area (Å²) in [5.74, 6) is 0.942. The highest BCUT2D eigenvalue weighted by Gasteiger charge is 2.58. The molecule has 0 aliphatic heterocycles. The first-order valence-corrected chi connectivity index (χ1v) is 12.7. The lowest BCUT2D eigenvalue weighted by Crippen LogP contribution is -2.58. The minimum absolute atomic E-state index is 0.0581. The number of carbonyl (C=O) groups is 1. The largest absolute Gasteiger partial charge is 0.413 e. The van der Waals surface area contributed by atoms with Crippen LogP contribution in [0.5, 0.6) is 0 Å². The summed E-state index contributed by atoms with van der Waals surface area (Å²) < 4.78 is 7.00. The van der Waals surface area contributed by atoms with Gasteiger partial charge in [-0.05, 0) is 61.6 Å². The lowest BCUT2D eigenvalue weighted by Gasteiger charge is -2.58. The Balaban J connectivity index is 2.36. The topological polar surface area (TPSA) is 26.3 Å². The summed E-state index contributed by atoms with van der Waals surface area (Å²) in [6, 6.07) is 3.59. The first-order chi connectivity index (χ1) is 11.3. The number of hydrogen-bond acceptors (Lipinski definition) is 2. The van der Waals surface area contributed by atoms with Crippen molar-refractivity contribution in [2.45, 2.75) is 97.4 Å². The highest BCUT2D eigenvalue weighted by atomic mass is 28.4. The van der Waals surface area contributed by atoms with E-state index in [4.69, 9.17) is 4.43 Å². The lowest BCUT2D eigenvalue weighted by atomic mass is 9.49. The molecule has 0 aromatic carbocycles. The van der Waals surface area contributed by atoms with Gasteiger partial charge in [-0.1, -0.05) is 40.7 Å². The Kier molecular flexibility index (Phi) is 6.18. The van der Waals surface area contributed by atoms with Crippen LogP contribution in [0.25, 0.3) is 0 Å². The molecule has 0 bridgehead atoms. The van der Waals surface area contributed by atoms with Crippen LogP contribution in [0.15, 0.2) is 12.7 Å². The second-order valence-corrected chi connectivity index (χ2v) is 13.4. The second kappa shape index (κ2) is 7.45. The van der Waals surface area contributed by atoms with E-state index in [1.54, 1.807) is 0 Å². The number of fused-ring (bicyclic) bond motifs is 1. The van der Waals surface area contributed by atoms with E-state index in [1.165, 1.54) is 24.6 Å². The third kappa shape index (κ3) is 3.19. The first-order valence-electron chi connectivity index (χ1n) is 10.1. The molecule has 0 heterocycles. The molecule has 0 N–H and O–H groups in total. The minimum Gasteiger partial charge on any atom is -0.413 e. The zero-order valence-corrected chi connectivity index (χ0v) is 17.6. The zero-order valence-electron chi connectivity index (χ0n) is 16.6. The van der Waals surface area contributed by atoms with E-state index in [0.29, 0.717) is 17.8 Å². The summed E-state index contributed by atoms with van der Waals surface area (Å²) in [5, 5.41) is 0. The number of ketones is 1. The molecule has 0 radical (unpaired) electrons. The van der Waals surface area contributed by atoms with Gasteiger partial charge < -0.3 is 4.43 Å². The van der Waals surface area contributed by atoms with Crippen LogP contribution in [0.4, 0.5) is 0 Å². The predicted molar refractivity (Wildman–Crippen MR) is 105 cm³/mol. The monoisotopic (exact) mass is 350 g/mol. The summed E-state index contributed by atoms with van der Waals surface area (Å²) in [4.78, 5) is 12.7. The molecule has 2 rings (SSSR count). The van der Waals surface area contributed by atoms with Gasteiger partial charge in [-0.3, -0.25) is 4.79 Å². The van der Waals surface area contributed by atoms with Gasteiger partial charge in [0.05, 0.1) is 6.10 Å². The standard InChI is InChI=1S/C21H38O2Si/c1-7-15-21(6)17-12-11-13-18(22)20(17,5)16-14-19(21)23-24(8-2,9-3)10-4/h7,17,19H,1,8-16H2,2-6H3/t17-,19+,20+,21+/m1/s1. The Morgan fingerprint density at radius 2 is 1.83 bits per heavy atom. The van der Waals surface area contributed by atoms with Crippen LogP contribution >= 0.6 is 0 Å². The van der Waals surface area contributed by atoms with Crippen molar-refractivity contribution in [2.75, 3.05) is 0 Å². The third-order valence-electron chi connectivity index (χ3n) is 7.67. The molecule has 2 saturated carbocycles. The molecule has 0 aromatic rings. The predicted octanol–water partition coefficient (Wildman–Crippen LogP) is 6.13. The van der Waals surface area contributed by atoms with E-state index in [-0.39, 0.29) is 10.8 Å². The maximum atomic E-state index is 12.7. The van der Waals surface area contributed by atoms with Crippen molar-refractivity contribution in [1.29, 1.82) is 0 Å². The number of rotatable bonds is 7. The summed E-state index contributed by atoms with van der Waals surface area (Å²) >= 11 is 0. The molecule has 0 saturated heterocycles. The minimum atomic E-state index is -1.64. The van der Waals surface area contributed by atoms with Crippen molar-refractivity contribution in [2.24, 2.45) is 16.7 Å². The Morgan fingerprint density at radius 1 is 1.21 bits per heavy atom. The summed E-state index contributed by atoms with van der Waals surface area (Å²) in [5.41, 5.74) is -0.0761. The van der Waals surface area contributed by atoms with Gasteiger partial charge >= 0.3 is 0 Å². The molecule has 24 heavy (non-hydrogen) atoms. The van der Waals surface area contributed by atoms with E-state index < -0.39 is 8.32 Å². The Bertz CT molecular complexity index is 462. The fraction of sp³-hybridized carbons (Fsp3) is 0.857. The quantitative estimate of drug-likeness (QED) is 0.408. The van der Waals surface area contributed by atoms with Crippen LogP contribution in [0.3, 0.4) is 0 Å². The fourth-order valence-corrected chi connectivity index (χ4v) is 8.69. The van der Waals surface area contributed by atoms with Crippen molar-refractivity contribution < 1.29 is 9.22 Å². The third-order valence-corrected chi connectivity index (χ3v) is 12.3. The zero-order chi connectivity index (χ0) is 18.0. The Hall–Kier alpha value is -0.413. The molecule has 3 heteroatoms. The lowest BCUT2D eigenvalue weighted by molar-refractivity contribution is -0.154. The molecule has 2 aliphatic rings.